The summed E-state index contributed by atoms with van der Waals surface area (Å²) in [5.41, 5.74) is 4.32. The molecule has 16 heavy (non-hydrogen) atoms. The van der Waals surface area contributed by atoms with Crippen molar-refractivity contribution in [1.82, 2.24) is 4.90 Å². The standard InChI is InChI=1S/C14H21NO/c1-11(16)3-4-12-5-6-13-7-8-15(2)10-14(13)9-12/h5-6,9,11,16H,3-4,7-8,10H2,1-2H3. The van der Waals surface area contributed by atoms with E-state index in [0.29, 0.717) is 0 Å². The second kappa shape index (κ2) is 4.98. The number of benzene rings is 1. The zero-order valence-electron chi connectivity index (χ0n) is 10.2. The Balaban J connectivity index is 2.09. The average molecular weight is 219 g/mol. The molecule has 2 nitrogen and oxygen atoms in total. The Morgan fingerprint density at radius 3 is 2.94 bits per heavy atom. The van der Waals surface area contributed by atoms with Gasteiger partial charge in [-0.1, -0.05) is 18.2 Å². The first kappa shape index (κ1) is 11.6. The highest BCUT2D eigenvalue weighted by atomic mass is 16.3. The largest absolute Gasteiger partial charge is 0.393 e. The molecule has 0 saturated heterocycles. The molecule has 0 aromatic heterocycles. The van der Waals surface area contributed by atoms with Crippen molar-refractivity contribution in [1.29, 1.82) is 0 Å². The van der Waals surface area contributed by atoms with Gasteiger partial charge in [0.15, 0.2) is 0 Å². The summed E-state index contributed by atoms with van der Waals surface area (Å²) in [5.74, 6) is 0. The normalized spacial score (nSPS) is 18.2. The molecule has 1 aromatic carbocycles. The van der Waals surface area contributed by atoms with Gasteiger partial charge >= 0.3 is 0 Å². The Bertz CT molecular complexity index is 360. The predicted octanol–water partition coefficient (Wildman–Crippen LogP) is 1.99. The molecule has 1 atom stereocenters. The van der Waals surface area contributed by atoms with Crippen molar-refractivity contribution in [2.75, 3.05) is 13.6 Å². The highest BCUT2D eigenvalue weighted by Crippen LogP contribution is 2.20. The maximum absolute atomic E-state index is 9.29. The van der Waals surface area contributed by atoms with Gasteiger partial charge in [0.05, 0.1) is 6.10 Å². The number of nitrogens with zero attached hydrogens (tertiary/aromatic N) is 1. The summed E-state index contributed by atoms with van der Waals surface area (Å²) in [7, 11) is 2.17. The first-order valence-corrected chi connectivity index (χ1v) is 6.12. The van der Waals surface area contributed by atoms with E-state index >= 15 is 0 Å². The summed E-state index contributed by atoms with van der Waals surface area (Å²) in [6.45, 7) is 4.09. The molecule has 0 aliphatic carbocycles. The van der Waals surface area contributed by atoms with Gasteiger partial charge in [0.25, 0.3) is 0 Å². The summed E-state index contributed by atoms with van der Waals surface area (Å²) in [5, 5.41) is 9.29. The fraction of sp³-hybridized carbons (Fsp3) is 0.571. The zero-order chi connectivity index (χ0) is 11.5. The lowest BCUT2D eigenvalue weighted by Gasteiger charge is -2.25. The van der Waals surface area contributed by atoms with Gasteiger partial charge in [0, 0.05) is 13.1 Å². The fourth-order valence-corrected chi connectivity index (χ4v) is 2.28. The van der Waals surface area contributed by atoms with Gasteiger partial charge in [-0.15, -0.1) is 0 Å². The highest BCUT2D eigenvalue weighted by Gasteiger charge is 2.13. The van der Waals surface area contributed by atoms with E-state index in [1.165, 1.54) is 29.7 Å². The van der Waals surface area contributed by atoms with E-state index < -0.39 is 0 Å². The third-order valence-corrected chi connectivity index (χ3v) is 3.32. The third kappa shape index (κ3) is 2.83. The monoisotopic (exact) mass is 219 g/mol. The van der Waals surface area contributed by atoms with Crippen molar-refractivity contribution in [2.24, 2.45) is 0 Å². The molecule has 0 fully saturated rings. The van der Waals surface area contributed by atoms with Crippen molar-refractivity contribution in [3.05, 3.63) is 34.9 Å². The van der Waals surface area contributed by atoms with Crippen LogP contribution in [0.25, 0.3) is 0 Å². The van der Waals surface area contributed by atoms with Crippen LogP contribution in [0, 0.1) is 0 Å². The van der Waals surface area contributed by atoms with Crippen molar-refractivity contribution in [3.8, 4) is 0 Å². The fourth-order valence-electron chi connectivity index (χ4n) is 2.28. The van der Waals surface area contributed by atoms with Crippen LogP contribution < -0.4 is 0 Å². The third-order valence-electron chi connectivity index (χ3n) is 3.32. The van der Waals surface area contributed by atoms with Crippen LogP contribution in [-0.2, 0) is 19.4 Å². The summed E-state index contributed by atoms with van der Waals surface area (Å²) in [6.07, 6.45) is 2.81. The molecule has 1 N–H and O–H groups in total. The van der Waals surface area contributed by atoms with E-state index in [-0.39, 0.29) is 6.10 Å². The van der Waals surface area contributed by atoms with E-state index in [4.69, 9.17) is 0 Å². The molecule has 1 heterocycles. The second-order valence-corrected chi connectivity index (χ2v) is 4.98. The molecule has 1 unspecified atom stereocenters. The number of aliphatic hydroxyl groups excluding tert-OH is 1. The lowest BCUT2D eigenvalue weighted by molar-refractivity contribution is 0.185. The minimum absolute atomic E-state index is 0.196. The van der Waals surface area contributed by atoms with Crippen molar-refractivity contribution < 1.29 is 5.11 Å². The Morgan fingerprint density at radius 1 is 1.38 bits per heavy atom. The second-order valence-electron chi connectivity index (χ2n) is 4.98. The lowest BCUT2D eigenvalue weighted by Crippen LogP contribution is -2.26. The minimum Gasteiger partial charge on any atom is -0.393 e. The number of aliphatic hydroxyl groups is 1. The van der Waals surface area contributed by atoms with Gasteiger partial charge in [0.2, 0.25) is 0 Å². The number of rotatable bonds is 3. The molecule has 1 aliphatic rings. The van der Waals surface area contributed by atoms with Crippen molar-refractivity contribution >= 4 is 0 Å². The van der Waals surface area contributed by atoms with Crippen LogP contribution in [0.2, 0.25) is 0 Å². The van der Waals surface area contributed by atoms with Crippen molar-refractivity contribution in [3.63, 3.8) is 0 Å². The average Bonchev–Trinajstić information content (AvgIpc) is 2.25. The molecule has 1 aliphatic heterocycles. The van der Waals surface area contributed by atoms with E-state index in [1.807, 2.05) is 6.92 Å². The van der Waals surface area contributed by atoms with Crippen LogP contribution in [0.15, 0.2) is 18.2 Å². The molecule has 0 saturated carbocycles. The molecule has 0 amide bonds. The van der Waals surface area contributed by atoms with Crippen LogP contribution in [-0.4, -0.2) is 29.7 Å². The highest BCUT2D eigenvalue weighted by molar-refractivity contribution is 5.33. The first-order chi connectivity index (χ1) is 7.65. The molecule has 0 spiro atoms. The molecule has 0 radical (unpaired) electrons. The van der Waals surface area contributed by atoms with Gasteiger partial charge in [-0.05, 0) is 49.9 Å². The smallest absolute Gasteiger partial charge is 0.0515 e. The summed E-state index contributed by atoms with van der Waals surface area (Å²) < 4.78 is 0. The lowest BCUT2D eigenvalue weighted by atomic mass is 9.96. The number of aryl methyl sites for hydroxylation is 1. The number of likely N-dealkylation sites (N-methyl/N-ethyl adjacent to an activating group) is 1. The molecule has 2 heteroatoms. The van der Waals surface area contributed by atoms with Gasteiger partial charge in [0.1, 0.15) is 0 Å². The topological polar surface area (TPSA) is 23.5 Å². The molecular formula is C14H21NO. The molecular weight excluding hydrogens is 198 g/mol. The van der Waals surface area contributed by atoms with Crippen LogP contribution in [0.5, 0.6) is 0 Å². The SMILES string of the molecule is CC(O)CCc1ccc2c(c1)CN(C)CC2. The van der Waals surface area contributed by atoms with Gasteiger partial charge in [-0.25, -0.2) is 0 Å². The van der Waals surface area contributed by atoms with E-state index in [1.54, 1.807) is 0 Å². The van der Waals surface area contributed by atoms with Crippen LogP contribution in [0.4, 0.5) is 0 Å². The zero-order valence-corrected chi connectivity index (χ0v) is 10.2. The van der Waals surface area contributed by atoms with Gasteiger partial charge in [-0.2, -0.15) is 0 Å². The Kier molecular flexibility index (Phi) is 3.62. The Hall–Kier alpha value is -0.860. The molecule has 88 valence electrons. The summed E-state index contributed by atoms with van der Waals surface area (Å²) in [6, 6.07) is 6.79. The predicted molar refractivity (Wildman–Crippen MR) is 66.5 cm³/mol. The number of hydrogen-bond donors (Lipinski definition) is 1. The van der Waals surface area contributed by atoms with E-state index in [0.717, 1.165) is 19.4 Å². The van der Waals surface area contributed by atoms with Crippen LogP contribution in [0.1, 0.15) is 30.0 Å². The molecule has 1 aromatic rings. The van der Waals surface area contributed by atoms with Crippen LogP contribution in [0.3, 0.4) is 0 Å². The summed E-state index contributed by atoms with van der Waals surface area (Å²) >= 11 is 0. The quantitative estimate of drug-likeness (QED) is 0.840. The molecule has 0 bridgehead atoms. The van der Waals surface area contributed by atoms with Gasteiger partial charge < -0.3 is 10.0 Å². The Labute approximate surface area is 97.9 Å². The van der Waals surface area contributed by atoms with Crippen LogP contribution >= 0.6 is 0 Å². The van der Waals surface area contributed by atoms with Gasteiger partial charge in [-0.3, -0.25) is 0 Å². The number of hydrogen-bond acceptors (Lipinski definition) is 2. The number of fused-ring (bicyclic) bond motifs is 1. The van der Waals surface area contributed by atoms with E-state index in [9.17, 15) is 5.11 Å². The summed E-state index contributed by atoms with van der Waals surface area (Å²) in [4.78, 5) is 2.36. The Morgan fingerprint density at radius 2 is 2.19 bits per heavy atom. The van der Waals surface area contributed by atoms with E-state index in [2.05, 4.69) is 30.1 Å². The van der Waals surface area contributed by atoms with Crippen molar-refractivity contribution in [2.45, 2.75) is 38.8 Å². The maximum Gasteiger partial charge on any atom is 0.0515 e. The minimum atomic E-state index is -0.196. The first-order valence-electron chi connectivity index (χ1n) is 6.12. The molecule has 2 rings (SSSR count). The maximum atomic E-state index is 9.29.